The molecule has 1 N–H and O–H groups in total. The number of carbonyl (C=O) groups is 2. The molecular weight excluding hydrogens is 248 g/mol. The molecule has 1 atom stereocenters. The van der Waals surface area contributed by atoms with Gasteiger partial charge in [0.1, 0.15) is 5.56 Å². The van der Waals surface area contributed by atoms with Gasteiger partial charge in [0.15, 0.2) is 0 Å². The molecule has 0 aromatic carbocycles. The van der Waals surface area contributed by atoms with Crippen LogP contribution in [0, 0.1) is 5.92 Å². The first-order valence-corrected chi connectivity index (χ1v) is 6.02. The van der Waals surface area contributed by atoms with E-state index in [0.29, 0.717) is 17.8 Å². The second-order valence-electron chi connectivity index (χ2n) is 4.23. The molecule has 0 bridgehead atoms. The first-order valence-electron chi connectivity index (χ1n) is 6.02. The lowest BCUT2D eigenvalue weighted by molar-refractivity contribution is -0.140. The van der Waals surface area contributed by atoms with Crippen molar-refractivity contribution in [1.82, 2.24) is 4.98 Å². The summed E-state index contributed by atoms with van der Waals surface area (Å²) in [5.41, 5.74) is 0.950. The number of carboxylic acids is 1. The molecule has 0 aliphatic heterocycles. The van der Waals surface area contributed by atoms with Crippen LogP contribution in [0.3, 0.4) is 0 Å². The van der Waals surface area contributed by atoms with Gasteiger partial charge in [0.2, 0.25) is 0 Å². The molecule has 0 spiro atoms. The van der Waals surface area contributed by atoms with Gasteiger partial charge in [0, 0.05) is 26.0 Å². The molecule has 6 nitrogen and oxygen atoms in total. The van der Waals surface area contributed by atoms with Gasteiger partial charge < -0.3 is 14.7 Å². The Morgan fingerprint density at radius 2 is 2.21 bits per heavy atom. The molecule has 1 aromatic rings. The molecule has 104 valence electrons. The fraction of sp³-hybridized carbons (Fsp3) is 0.462. The number of hydrogen-bond acceptors (Lipinski definition) is 5. The summed E-state index contributed by atoms with van der Waals surface area (Å²) >= 11 is 0. The summed E-state index contributed by atoms with van der Waals surface area (Å²) in [6.45, 7) is 3.92. The zero-order valence-corrected chi connectivity index (χ0v) is 11.3. The number of aliphatic carboxylic acids is 1. The van der Waals surface area contributed by atoms with Crippen LogP contribution >= 0.6 is 0 Å². The number of carbonyl (C=O) groups excluding carboxylic acids is 1. The first kappa shape index (κ1) is 14.9. The fourth-order valence-electron chi connectivity index (χ4n) is 1.67. The summed E-state index contributed by atoms with van der Waals surface area (Å²) in [5.74, 6) is -1.87. The largest absolute Gasteiger partial charge is 0.481 e. The highest BCUT2D eigenvalue weighted by molar-refractivity contribution is 5.95. The topological polar surface area (TPSA) is 79.7 Å². The third-order valence-corrected chi connectivity index (χ3v) is 2.67. The van der Waals surface area contributed by atoms with Gasteiger partial charge in [-0.1, -0.05) is 6.92 Å². The van der Waals surface area contributed by atoms with Gasteiger partial charge in [-0.25, -0.2) is 4.79 Å². The van der Waals surface area contributed by atoms with Gasteiger partial charge in [-0.2, -0.15) is 0 Å². The van der Waals surface area contributed by atoms with Crippen LogP contribution in [0.25, 0.3) is 0 Å². The molecule has 0 amide bonds. The van der Waals surface area contributed by atoms with Crippen molar-refractivity contribution in [1.29, 1.82) is 0 Å². The highest BCUT2D eigenvalue weighted by Gasteiger charge is 2.19. The van der Waals surface area contributed by atoms with Crippen LogP contribution in [0.1, 0.15) is 24.2 Å². The summed E-state index contributed by atoms with van der Waals surface area (Å²) in [4.78, 5) is 28.3. The minimum absolute atomic E-state index is 0.280. The monoisotopic (exact) mass is 266 g/mol. The van der Waals surface area contributed by atoms with Crippen LogP contribution in [0.5, 0.6) is 0 Å². The lowest BCUT2D eigenvalue weighted by Gasteiger charge is -2.23. The number of rotatable bonds is 6. The number of ether oxygens (including phenoxy) is 1. The Morgan fingerprint density at radius 3 is 2.79 bits per heavy atom. The maximum atomic E-state index is 11.8. The van der Waals surface area contributed by atoms with Crippen molar-refractivity contribution in [2.75, 3.05) is 25.1 Å². The number of anilines is 1. The lowest BCUT2D eigenvalue weighted by Crippen LogP contribution is -2.29. The summed E-state index contributed by atoms with van der Waals surface area (Å²) in [5, 5.41) is 8.91. The molecule has 0 fully saturated rings. The van der Waals surface area contributed by atoms with Gasteiger partial charge >= 0.3 is 11.9 Å². The van der Waals surface area contributed by atoms with Crippen molar-refractivity contribution in [3.05, 3.63) is 24.0 Å². The predicted molar refractivity (Wildman–Crippen MR) is 70.3 cm³/mol. The summed E-state index contributed by atoms with van der Waals surface area (Å²) in [7, 11) is 1.73. The van der Waals surface area contributed by atoms with E-state index in [4.69, 9.17) is 9.84 Å². The van der Waals surface area contributed by atoms with Crippen molar-refractivity contribution >= 4 is 17.6 Å². The lowest BCUT2D eigenvalue weighted by atomic mass is 10.1. The van der Waals surface area contributed by atoms with Crippen LogP contribution in [0.2, 0.25) is 0 Å². The van der Waals surface area contributed by atoms with Crippen LogP contribution in [0.4, 0.5) is 5.69 Å². The van der Waals surface area contributed by atoms with E-state index in [9.17, 15) is 9.59 Å². The third kappa shape index (κ3) is 3.94. The Labute approximate surface area is 112 Å². The Hall–Kier alpha value is -2.11. The van der Waals surface area contributed by atoms with Crippen molar-refractivity contribution in [3.63, 3.8) is 0 Å². The van der Waals surface area contributed by atoms with Gasteiger partial charge in [0.05, 0.1) is 18.2 Å². The SMILES string of the molecule is CCOC(=O)c1cnccc1N(C)CC(C)C(=O)O. The fourth-order valence-corrected chi connectivity index (χ4v) is 1.67. The van der Waals surface area contributed by atoms with Crippen molar-refractivity contribution in [2.45, 2.75) is 13.8 Å². The van der Waals surface area contributed by atoms with E-state index in [1.54, 1.807) is 38.1 Å². The third-order valence-electron chi connectivity index (χ3n) is 2.67. The second-order valence-corrected chi connectivity index (χ2v) is 4.23. The zero-order valence-electron chi connectivity index (χ0n) is 11.3. The Kier molecular flexibility index (Phi) is 5.29. The standard InChI is InChI=1S/C13H18N2O4/c1-4-19-13(18)10-7-14-6-5-11(10)15(3)8-9(2)12(16)17/h5-7,9H,4,8H2,1-3H3,(H,16,17). The van der Waals surface area contributed by atoms with E-state index in [1.807, 2.05) is 0 Å². The summed E-state index contributed by atoms with van der Waals surface area (Å²) < 4.78 is 4.95. The minimum Gasteiger partial charge on any atom is -0.481 e. The van der Waals surface area contributed by atoms with Crippen molar-refractivity contribution in [2.24, 2.45) is 5.92 Å². The highest BCUT2D eigenvalue weighted by atomic mass is 16.5. The van der Waals surface area contributed by atoms with Crippen molar-refractivity contribution in [3.8, 4) is 0 Å². The molecule has 0 saturated heterocycles. The molecule has 1 unspecified atom stereocenters. The number of pyridine rings is 1. The van der Waals surface area contributed by atoms with Crippen LogP contribution < -0.4 is 4.90 Å². The molecule has 1 heterocycles. The predicted octanol–water partition coefficient (Wildman–Crippen LogP) is 1.42. The van der Waals surface area contributed by atoms with E-state index >= 15 is 0 Å². The molecule has 0 aliphatic carbocycles. The van der Waals surface area contributed by atoms with E-state index in [-0.39, 0.29) is 6.61 Å². The number of nitrogens with zero attached hydrogens (tertiary/aromatic N) is 2. The molecule has 1 rings (SSSR count). The smallest absolute Gasteiger partial charge is 0.341 e. The minimum atomic E-state index is -0.876. The zero-order chi connectivity index (χ0) is 14.4. The van der Waals surface area contributed by atoms with Crippen LogP contribution in [-0.2, 0) is 9.53 Å². The molecule has 6 heteroatoms. The van der Waals surface area contributed by atoms with Gasteiger partial charge in [-0.15, -0.1) is 0 Å². The first-order chi connectivity index (χ1) is 8.97. The average Bonchev–Trinajstić information content (AvgIpc) is 2.38. The Balaban J connectivity index is 2.93. The number of aromatic nitrogens is 1. The number of hydrogen-bond donors (Lipinski definition) is 1. The Morgan fingerprint density at radius 1 is 1.53 bits per heavy atom. The molecule has 0 radical (unpaired) electrons. The van der Waals surface area contributed by atoms with Gasteiger partial charge in [-0.05, 0) is 13.0 Å². The number of esters is 1. The molecule has 0 saturated carbocycles. The maximum absolute atomic E-state index is 11.8. The molecule has 19 heavy (non-hydrogen) atoms. The normalized spacial score (nSPS) is 11.7. The van der Waals surface area contributed by atoms with E-state index < -0.39 is 17.9 Å². The van der Waals surface area contributed by atoms with E-state index in [0.717, 1.165) is 0 Å². The van der Waals surface area contributed by atoms with Crippen LogP contribution in [-0.4, -0.2) is 42.2 Å². The van der Waals surface area contributed by atoms with E-state index in [2.05, 4.69) is 4.98 Å². The van der Waals surface area contributed by atoms with Gasteiger partial charge in [-0.3, -0.25) is 9.78 Å². The Bertz CT molecular complexity index is 462. The highest BCUT2D eigenvalue weighted by Crippen LogP contribution is 2.20. The molecule has 0 aliphatic rings. The maximum Gasteiger partial charge on any atom is 0.341 e. The van der Waals surface area contributed by atoms with Crippen molar-refractivity contribution < 1.29 is 19.4 Å². The number of carboxylic acid groups (broad SMARTS) is 1. The van der Waals surface area contributed by atoms with E-state index in [1.165, 1.54) is 6.20 Å². The van der Waals surface area contributed by atoms with Gasteiger partial charge in [0.25, 0.3) is 0 Å². The molecule has 1 aromatic heterocycles. The average molecular weight is 266 g/mol. The summed E-state index contributed by atoms with van der Waals surface area (Å²) in [6, 6.07) is 1.67. The quantitative estimate of drug-likeness (QED) is 0.784. The summed E-state index contributed by atoms with van der Waals surface area (Å²) in [6.07, 6.45) is 2.98. The van der Waals surface area contributed by atoms with Crippen LogP contribution in [0.15, 0.2) is 18.5 Å². The second kappa shape index (κ2) is 6.72. The molecular formula is C13H18N2O4.